The molecule has 0 nitrogen and oxygen atoms in total. The van der Waals surface area contributed by atoms with Gasteiger partial charge in [0.25, 0.3) is 0 Å². The molecule has 0 radical (unpaired) electrons. The van der Waals surface area contributed by atoms with Crippen molar-refractivity contribution in [2.75, 3.05) is 0 Å². The molecule has 0 bridgehead atoms. The summed E-state index contributed by atoms with van der Waals surface area (Å²) in [5.74, 6) is -2.29. The van der Waals surface area contributed by atoms with Crippen LogP contribution in [-0.2, 0) is 11.3 Å². The molecule has 0 aromatic heterocycles. The minimum absolute atomic E-state index is 0.466. The fraction of sp³-hybridized carbons (Fsp3) is 0.385. The van der Waals surface area contributed by atoms with Crippen LogP contribution in [0.5, 0.6) is 0 Å². The van der Waals surface area contributed by atoms with E-state index in [-0.39, 0.29) is 0 Å². The van der Waals surface area contributed by atoms with Crippen LogP contribution in [0.15, 0.2) is 24.3 Å². The lowest BCUT2D eigenvalue weighted by atomic mass is 9.95. The van der Waals surface area contributed by atoms with Crippen LogP contribution in [0.25, 0.3) is 0 Å². The van der Waals surface area contributed by atoms with Gasteiger partial charge in [0.1, 0.15) is 0 Å². The molecule has 0 aliphatic heterocycles. The van der Waals surface area contributed by atoms with E-state index in [0.29, 0.717) is 5.56 Å². The number of benzene rings is 1. The molecule has 1 aliphatic rings. The molecule has 0 N–H and O–H groups in total. The van der Waals surface area contributed by atoms with Gasteiger partial charge < -0.3 is 0 Å². The van der Waals surface area contributed by atoms with E-state index >= 15 is 0 Å². The van der Waals surface area contributed by atoms with E-state index in [2.05, 4.69) is 5.92 Å². The molecule has 2 rings (SSSR count). The molecule has 5 heteroatoms. The van der Waals surface area contributed by atoms with Gasteiger partial charge >= 0.3 is 12.1 Å². The van der Waals surface area contributed by atoms with Crippen molar-refractivity contribution in [2.45, 2.75) is 30.4 Å². The standard InChI is InChI=1S/C13H9F5/c1-2-11(7-8-11)9-3-5-10(6-4-9)12(14,15)13(16,17)18/h1,3-6H,7-8H2. The van der Waals surface area contributed by atoms with Crippen LogP contribution in [0.4, 0.5) is 22.0 Å². The van der Waals surface area contributed by atoms with Gasteiger partial charge in [0.05, 0.1) is 5.41 Å². The number of hydrogen-bond donors (Lipinski definition) is 0. The summed E-state index contributed by atoms with van der Waals surface area (Å²) in [7, 11) is 0. The molecule has 0 heterocycles. The van der Waals surface area contributed by atoms with E-state index < -0.39 is 23.1 Å². The molecular weight excluding hydrogens is 251 g/mol. The maximum atomic E-state index is 13.0. The maximum absolute atomic E-state index is 13.0. The first-order valence-electron chi connectivity index (χ1n) is 5.26. The Bertz CT molecular complexity index is 486. The predicted octanol–water partition coefficient (Wildman–Crippen LogP) is 4.01. The third-order valence-corrected chi connectivity index (χ3v) is 3.18. The SMILES string of the molecule is C#CC1(c2ccc(C(F)(F)C(F)(F)F)cc2)CC1. The second kappa shape index (κ2) is 3.71. The molecule has 96 valence electrons. The summed E-state index contributed by atoms with van der Waals surface area (Å²) >= 11 is 0. The zero-order valence-electron chi connectivity index (χ0n) is 9.19. The quantitative estimate of drug-likeness (QED) is 0.557. The third kappa shape index (κ3) is 1.86. The highest BCUT2D eigenvalue weighted by Gasteiger charge is 2.58. The summed E-state index contributed by atoms with van der Waals surface area (Å²) in [4.78, 5) is 0. The van der Waals surface area contributed by atoms with E-state index in [9.17, 15) is 22.0 Å². The van der Waals surface area contributed by atoms with Crippen molar-refractivity contribution in [3.63, 3.8) is 0 Å². The van der Waals surface area contributed by atoms with Crippen molar-refractivity contribution in [3.8, 4) is 12.3 Å². The molecule has 0 amide bonds. The van der Waals surface area contributed by atoms with Crippen molar-refractivity contribution in [1.82, 2.24) is 0 Å². The Kier molecular flexibility index (Phi) is 2.65. The summed E-state index contributed by atoms with van der Waals surface area (Å²) in [6.07, 6.45) is 1.20. The summed E-state index contributed by atoms with van der Waals surface area (Å²) in [6, 6.07) is 4.09. The van der Waals surface area contributed by atoms with Crippen LogP contribution in [0.3, 0.4) is 0 Å². The van der Waals surface area contributed by atoms with E-state index in [1.54, 1.807) is 0 Å². The largest absolute Gasteiger partial charge is 0.458 e. The molecule has 18 heavy (non-hydrogen) atoms. The molecule has 0 saturated heterocycles. The van der Waals surface area contributed by atoms with Crippen LogP contribution in [0.2, 0.25) is 0 Å². The first kappa shape index (κ1) is 12.9. The molecule has 0 spiro atoms. The van der Waals surface area contributed by atoms with Gasteiger partial charge in [-0.15, -0.1) is 6.42 Å². The van der Waals surface area contributed by atoms with Crippen LogP contribution in [0, 0.1) is 12.3 Å². The van der Waals surface area contributed by atoms with Crippen molar-refractivity contribution < 1.29 is 22.0 Å². The average Bonchev–Trinajstić information content (AvgIpc) is 3.08. The van der Waals surface area contributed by atoms with Crippen LogP contribution in [-0.4, -0.2) is 6.18 Å². The topological polar surface area (TPSA) is 0 Å². The van der Waals surface area contributed by atoms with Gasteiger partial charge in [-0.05, 0) is 18.4 Å². The average molecular weight is 260 g/mol. The second-order valence-corrected chi connectivity index (χ2v) is 4.38. The number of halogens is 5. The van der Waals surface area contributed by atoms with Crippen LogP contribution < -0.4 is 0 Å². The molecule has 1 aliphatic carbocycles. The number of hydrogen-bond acceptors (Lipinski definition) is 0. The molecule has 0 unspecified atom stereocenters. The Labute approximate surface area is 101 Å². The van der Waals surface area contributed by atoms with Crippen molar-refractivity contribution in [1.29, 1.82) is 0 Å². The Morgan fingerprint density at radius 1 is 1.00 bits per heavy atom. The molecule has 1 aromatic carbocycles. The Hall–Kier alpha value is -1.57. The normalized spacial score (nSPS) is 18.2. The zero-order chi connectivity index (χ0) is 13.6. The highest BCUT2D eigenvalue weighted by molar-refractivity contribution is 5.42. The second-order valence-electron chi connectivity index (χ2n) is 4.38. The fourth-order valence-electron chi connectivity index (χ4n) is 1.80. The minimum atomic E-state index is -5.59. The van der Waals surface area contributed by atoms with Crippen molar-refractivity contribution >= 4 is 0 Å². The van der Waals surface area contributed by atoms with Gasteiger partial charge in [-0.25, -0.2) is 0 Å². The van der Waals surface area contributed by atoms with Gasteiger partial charge in [0.15, 0.2) is 0 Å². The lowest BCUT2D eigenvalue weighted by Gasteiger charge is -2.20. The van der Waals surface area contributed by atoms with Gasteiger partial charge in [0, 0.05) is 5.56 Å². The molecule has 0 atom stereocenters. The molecule has 1 fully saturated rings. The Morgan fingerprint density at radius 2 is 1.50 bits per heavy atom. The van der Waals surface area contributed by atoms with E-state index in [1.807, 2.05) is 0 Å². The molecule has 1 saturated carbocycles. The zero-order valence-corrected chi connectivity index (χ0v) is 9.19. The predicted molar refractivity (Wildman–Crippen MR) is 56.1 cm³/mol. The Morgan fingerprint density at radius 3 is 1.83 bits per heavy atom. The van der Waals surface area contributed by atoms with Gasteiger partial charge in [0.2, 0.25) is 0 Å². The van der Waals surface area contributed by atoms with Gasteiger partial charge in [-0.3, -0.25) is 0 Å². The van der Waals surface area contributed by atoms with Gasteiger partial charge in [-0.1, -0.05) is 30.2 Å². The smallest absolute Gasteiger partial charge is 0.191 e. The monoisotopic (exact) mass is 260 g/mol. The first-order valence-corrected chi connectivity index (χ1v) is 5.26. The first-order chi connectivity index (χ1) is 8.23. The van der Waals surface area contributed by atoms with E-state index in [0.717, 1.165) is 25.0 Å². The minimum Gasteiger partial charge on any atom is -0.191 e. The van der Waals surface area contributed by atoms with Crippen molar-refractivity contribution in [2.24, 2.45) is 0 Å². The summed E-state index contributed by atoms with van der Waals surface area (Å²) in [5, 5.41) is 0. The Balaban J connectivity index is 2.32. The summed E-state index contributed by atoms with van der Waals surface area (Å²) in [6.45, 7) is 0. The molecular formula is C13H9F5. The summed E-state index contributed by atoms with van der Waals surface area (Å²) < 4.78 is 62.5. The van der Waals surface area contributed by atoms with E-state index in [1.165, 1.54) is 12.1 Å². The number of alkyl halides is 5. The highest BCUT2D eigenvalue weighted by Crippen LogP contribution is 2.49. The third-order valence-electron chi connectivity index (χ3n) is 3.18. The van der Waals surface area contributed by atoms with E-state index in [4.69, 9.17) is 6.42 Å². The molecule has 1 aromatic rings. The van der Waals surface area contributed by atoms with Gasteiger partial charge in [-0.2, -0.15) is 22.0 Å². The maximum Gasteiger partial charge on any atom is 0.458 e. The fourth-order valence-corrected chi connectivity index (χ4v) is 1.80. The number of terminal acetylenes is 1. The number of rotatable bonds is 2. The van der Waals surface area contributed by atoms with Crippen molar-refractivity contribution in [3.05, 3.63) is 35.4 Å². The lowest BCUT2D eigenvalue weighted by molar-refractivity contribution is -0.289. The summed E-state index contributed by atoms with van der Waals surface area (Å²) in [5.41, 5.74) is -0.912. The van der Waals surface area contributed by atoms with Crippen LogP contribution >= 0.6 is 0 Å². The highest BCUT2D eigenvalue weighted by atomic mass is 19.4. The van der Waals surface area contributed by atoms with Crippen LogP contribution in [0.1, 0.15) is 24.0 Å². The lowest BCUT2D eigenvalue weighted by Crippen LogP contribution is -2.33.